The molecule has 0 saturated heterocycles. The lowest BCUT2D eigenvalue weighted by atomic mass is 10.0. The fourth-order valence-electron chi connectivity index (χ4n) is 1.33. The van der Waals surface area contributed by atoms with Crippen LogP contribution in [0.1, 0.15) is 12.5 Å². The molecular formula is C12H11Cl2NO2. The minimum absolute atomic E-state index is 0.262. The van der Waals surface area contributed by atoms with Gasteiger partial charge in [-0.25, -0.2) is 0 Å². The second-order valence-electron chi connectivity index (χ2n) is 3.39. The first-order valence-corrected chi connectivity index (χ1v) is 5.84. The summed E-state index contributed by atoms with van der Waals surface area (Å²) in [5.74, 6) is -1.33. The Hall–Kier alpha value is -1.24. The molecule has 0 spiro atoms. The van der Waals surface area contributed by atoms with Gasteiger partial charge in [-0.2, -0.15) is 5.26 Å². The number of carbonyl (C=O) groups is 1. The van der Waals surface area contributed by atoms with E-state index in [0.29, 0.717) is 10.0 Å². The zero-order valence-electron chi connectivity index (χ0n) is 9.24. The van der Waals surface area contributed by atoms with Crippen molar-refractivity contribution in [3.63, 3.8) is 0 Å². The Bertz CT molecular complexity index is 454. The molecule has 1 rings (SSSR count). The average Bonchev–Trinajstić information content (AvgIpc) is 2.30. The summed E-state index contributed by atoms with van der Waals surface area (Å²) in [7, 11) is 0. The van der Waals surface area contributed by atoms with Crippen LogP contribution in [-0.4, -0.2) is 12.6 Å². The van der Waals surface area contributed by atoms with Crippen molar-refractivity contribution in [2.75, 3.05) is 6.61 Å². The third-order valence-corrected chi connectivity index (χ3v) is 2.89. The van der Waals surface area contributed by atoms with Crippen molar-refractivity contribution in [3.8, 4) is 6.07 Å². The molecule has 0 radical (unpaired) electrons. The predicted octanol–water partition coefficient (Wildman–Crippen LogP) is 3.24. The maximum Gasteiger partial charge on any atom is 0.323 e. The first kappa shape index (κ1) is 13.8. The molecule has 0 amide bonds. The monoisotopic (exact) mass is 271 g/mol. The van der Waals surface area contributed by atoms with Crippen LogP contribution in [0.2, 0.25) is 10.0 Å². The Morgan fingerprint density at radius 3 is 2.71 bits per heavy atom. The number of hydrogen-bond donors (Lipinski definition) is 0. The van der Waals surface area contributed by atoms with Gasteiger partial charge >= 0.3 is 5.97 Å². The third kappa shape index (κ3) is 3.92. The normalized spacial score (nSPS) is 11.6. The third-order valence-electron chi connectivity index (χ3n) is 2.15. The summed E-state index contributed by atoms with van der Waals surface area (Å²) < 4.78 is 4.80. The molecule has 0 heterocycles. The van der Waals surface area contributed by atoms with Gasteiger partial charge < -0.3 is 4.74 Å². The summed E-state index contributed by atoms with van der Waals surface area (Å²) in [5, 5.41) is 9.75. The Kier molecular flexibility index (Phi) is 5.27. The van der Waals surface area contributed by atoms with E-state index in [1.54, 1.807) is 25.1 Å². The fraction of sp³-hybridized carbons (Fsp3) is 0.333. The lowest BCUT2D eigenvalue weighted by molar-refractivity contribution is -0.145. The van der Waals surface area contributed by atoms with Gasteiger partial charge in [0.25, 0.3) is 0 Å². The van der Waals surface area contributed by atoms with Crippen LogP contribution in [0.15, 0.2) is 18.2 Å². The molecule has 0 aromatic heterocycles. The lowest BCUT2D eigenvalue weighted by Crippen LogP contribution is -2.18. The standard InChI is InChI=1S/C12H11Cl2NO2/c1-2-17-12(16)9(7-15)5-8-3-4-10(13)11(14)6-8/h3-4,6,9H,2,5H2,1H3. The summed E-state index contributed by atoms with van der Waals surface area (Å²) in [5.41, 5.74) is 0.777. The molecule has 1 unspecified atom stereocenters. The molecule has 1 aromatic carbocycles. The highest BCUT2D eigenvalue weighted by molar-refractivity contribution is 6.42. The van der Waals surface area contributed by atoms with Crippen LogP contribution in [0.4, 0.5) is 0 Å². The molecular weight excluding hydrogens is 261 g/mol. The topological polar surface area (TPSA) is 50.1 Å². The molecule has 0 aliphatic carbocycles. The van der Waals surface area contributed by atoms with Crippen LogP contribution in [0.3, 0.4) is 0 Å². The predicted molar refractivity (Wildman–Crippen MR) is 65.9 cm³/mol. The second-order valence-corrected chi connectivity index (χ2v) is 4.20. The van der Waals surface area contributed by atoms with Gasteiger partial charge in [0.05, 0.1) is 22.7 Å². The summed E-state index contributed by atoms with van der Waals surface area (Å²) in [6.45, 7) is 1.96. The molecule has 0 saturated carbocycles. The van der Waals surface area contributed by atoms with E-state index in [4.69, 9.17) is 33.2 Å². The first-order valence-electron chi connectivity index (χ1n) is 5.08. The number of nitrogens with zero attached hydrogens (tertiary/aromatic N) is 1. The second kappa shape index (κ2) is 6.48. The molecule has 0 bridgehead atoms. The molecule has 5 heteroatoms. The summed E-state index contributed by atoms with van der Waals surface area (Å²) in [4.78, 5) is 11.4. The van der Waals surface area contributed by atoms with Gasteiger partial charge in [-0.1, -0.05) is 29.3 Å². The number of esters is 1. The van der Waals surface area contributed by atoms with Crippen LogP contribution in [0, 0.1) is 17.2 Å². The number of nitriles is 1. The van der Waals surface area contributed by atoms with Crippen LogP contribution in [-0.2, 0) is 16.0 Å². The maximum atomic E-state index is 11.4. The zero-order chi connectivity index (χ0) is 12.8. The minimum Gasteiger partial charge on any atom is -0.465 e. The van der Waals surface area contributed by atoms with Gasteiger partial charge in [-0.05, 0) is 31.0 Å². The Balaban J connectivity index is 2.78. The van der Waals surface area contributed by atoms with Crippen molar-refractivity contribution >= 4 is 29.2 Å². The molecule has 1 atom stereocenters. The number of halogens is 2. The van der Waals surface area contributed by atoms with Crippen molar-refractivity contribution in [1.29, 1.82) is 5.26 Å². The van der Waals surface area contributed by atoms with Crippen molar-refractivity contribution in [1.82, 2.24) is 0 Å². The van der Waals surface area contributed by atoms with Crippen molar-refractivity contribution < 1.29 is 9.53 Å². The van der Waals surface area contributed by atoms with Gasteiger partial charge in [0.15, 0.2) is 0 Å². The van der Waals surface area contributed by atoms with E-state index in [1.807, 2.05) is 6.07 Å². The number of hydrogen-bond acceptors (Lipinski definition) is 3. The van der Waals surface area contributed by atoms with E-state index in [2.05, 4.69) is 0 Å². The van der Waals surface area contributed by atoms with Crippen molar-refractivity contribution in [2.45, 2.75) is 13.3 Å². The van der Waals surface area contributed by atoms with Gasteiger partial charge in [-0.15, -0.1) is 0 Å². The lowest BCUT2D eigenvalue weighted by Gasteiger charge is -2.08. The first-order chi connectivity index (χ1) is 8.08. The Morgan fingerprint density at radius 2 is 2.18 bits per heavy atom. The smallest absolute Gasteiger partial charge is 0.323 e. The highest BCUT2D eigenvalue weighted by Gasteiger charge is 2.19. The van der Waals surface area contributed by atoms with E-state index in [9.17, 15) is 4.79 Å². The maximum absolute atomic E-state index is 11.4. The summed E-state index contributed by atoms with van der Waals surface area (Å²) in [6.07, 6.45) is 0.270. The van der Waals surface area contributed by atoms with E-state index < -0.39 is 11.9 Å². The highest BCUT2D eigenvalue weighted by atomic mass is 35.5. The molecule has 0 fully saturated rings. The molecule has 1 aromatic rings. The van der Waals surface area contributed by atoms with E-state index >= 15 is 0 Å². The largest absolute Gasteiger partial charge is 0.465 e. The Morgan fingerprint density at radius 1 is 1.47 bits per heavy atom. The highest BCUT2D eigenvalue weighted by Crippen LogP contribution is 2.24. The minimum atomic E-state index is -0.813. The number of rotatable bonds is 4. The molecule has 3 nitrogen and oxygen atoms in total. The summed E-state index contributed by atoms with van der Waals surface area (Å²) >= 11 is 11.6. The Labute approximate surface area is 110 Å². The van der Waals surface area contributed by atoms with Gasteiger partial charge in [0, 0.05) is 0 Å². The van der Waals surface area contributed by atoms with Gasteiger partial charge in [0.2, 0.25) is 0 Å². The number of carbonyl (C=O) groups excluding carboxylic acids is 1. The zero-order valence-corrected chi connectivity index (χ0v) is 10.8. The number of benzene rings is 1. The van der Waals surface area contributed by atoms with Crippen LogP contribution < -0.4 is 0 Å². The molecule has 0 N–H and O–H groups in total. The van der Waals surface area contributed by atoms with Crippen LogP contribution in [0.25, 0.3) is 0 Å². The van der Waals surface area contributed by atoms with E-state index in [0.717, 1.165) is 5.56 Å². The van der Waals surface area contributed by atoms with Crippen LogP contribution in [0.5, 0.6) is 0 Å². The average molecular weight is 272 g/mol. The van der Waals surface area contributed by atoms with Gasteiger partial charge in [0.1, 0.15) is 5.92 Å². The van der Waals surface area contributed by atoms with Gasteiger partial charge in [-0.3, -0.25) is 4.79 Å². The van der Waals surface area contributed by atoms with E-state index in [1.165, 1.54) is 0 Å². The van der Waals surface area contributed by atoms with Crippen molar-refractivity contribution in [2.24, 2.45) is 5.92 Å². The quantitative estimate of drug-likeness (QED) is 0.790. The van der Waals surface area contributed by atoms with Crippen molar-refractivity contribution in [3.05, 3.63) is 33.8 Å². The molecule has 0 aliphatic rings. The number of ether oxygens (including phenoxy) is 1. The SMILES string of the molecule is CCOC(=O)C(C#N)Cc1ccc(Cl)c(Cl)c1. The molecule has 90 valence electrons. The van der Waals surface area contributed by atoms with Crippen LogP contribution >= 0.6 is 23.2 Å². The summed E-state index contributed by atoms with van der Waals surface area (Å²) in [6, 6.07) is 6.94. The molecule has 0 aliphatic heterocycles. The fourth-order valence-corrected chi connectivity index (χ4v) is 1.65. The molecule has 17 heavy (non-hydrogen) atoms. The van der Waals surface area contributed by atoms with E-state index in [-0.39, 0.29) is 13.0 Å².